The molecule has 21 heavy (non-hydrogen) atoms. The van der Waals surface area contributed by atoms with Gasteiger partial charge in [0.1, 0.15) is 9.84 Å². The van der Waals surface area contributed by atoms with Crippen LogP contribution in [0.4, 0.5) is 18.9 Å². The second-order valence-electron chi connectivity index (χ2n) is 4.47. The van der Waals surface area contributed by atoms with Crippen molar-refractivity contribution in [2.75, 3.05) is 17.3 Å². The number of benzene rings is 1. The number of rotatable bonds is 5. The number of carbonyl (C=O) groups excluding carboxylic acids is 1. The molecule has 0 saturated heterocycles. The number of amides is 1. The number of nitrogens with one attached hydrogen (secondary N) is 1. The van der Waals surface area contributed by atoms with E-state index in [2.05, 4.69) is 5.32 Å². The van der Waals surface area contributed by atoms with E-state index in [0.717, 1.165) is 24.5 Å². The molecular formula is C12H13ClF3NO3S. The van der Waals surface area contributed by atoms with Crippen LogP contribution in [0.15, 0.2) is 18.2 Å². The van der Waals surface area contributed by atoms with Crippen molar-refractivity contribution >= 4 is 33.0 Å². The van der Waals surface area contributed by atoms with Crippen LogP contribution in [0, 0.1) is 0 Å². The Morgan fingerprint density at radius 2 is 1.95 bits per heavy atom. The zero-order valence-corrected chi connectivity index (χ0v) is 12.6. The molecule has 1 aromatic rings. The number of anilines is 1. The van der Waals surface area contributed by atoms with Gasteiger partial charge in [0.15, 0.2) is 0 Å². The standard InChI is InChI=1S/C12H13ClF3NO3S/c1-21(19,20)6-2-3-11(18)17-10-7-8(12(14,15)16)4-5-9(10)13/h4-5,7H,2-3,6H2,1H3,(H,17,18). The van der Waals surface area contributed by atoms with E-state index in [0.29, 0.717) is 0 Å². The van der Waals surface area contributed by atoms with Gasteiger partial charge in [-0.05, 0) is 24.6 Å². The van der Waals surface area contributed by atoms with Crippen LogP contribution in [-0.2, 0) is 20.8 Å². The molecule has 0 saturated carbocycles. The Bertz CT molecular complexity index is 629. The molecule has 0 unspecified atom stereocenters. The zero-order valence-electron chi connectivity index (χ0n) is 11.0. The lowest BCUT2D eigenvalue weighted by molar-refractivity contribution is -0.137. The molecule has 0 aliphatic rings. The molecule has 0 heterocycles. The molecule has 1 N–H and O–H groups in total. The van der Waals surface area contributed by atoms with Crippen LogP contribution in [0.2, 0.25) is 5.02 Å². The molecule has 1 aromatic carbocycles. The summed E-state index contributed by atoms with van der Waals surface area (Å²) in [5, 5.41) is 2.21. The van der Waals surface area contributed by atoms with Gasteiger partial charge in [-0.2, -0.15) is 13.2 Å². The summed E-state index contributed by atoms with van der Waals surface area (Å²) < 4.78 is 59.4. The first-order chi connectivity index (χ1) is 9.49. The van der Waals surface area contributed by atoms with Crippen LogP contribution in [0.25, 0.3) is 0 Å². The lowest BCUT2D eigenvalue weighted by atomic mass is 10.2. The second kappa shape index (κ2) is 6.65. The molecule has 1 amide bonds. The minimum Gasteiger partial charge on any atom is -0.325 e. The van der Waals surface area contributed by atoms with Gasteiger partial charge in [0.25, 0.3) is 0 Å². The van der Waals surface area contributed by atoms with Crippen LogP contribution in [0.1, 0.15) is 18.4 Å². The summed E-state index contributed by atoms with van der Waals surface area (Å²) >= 11 is 5.72. The first-order valence-corrected chi connectivity index (χ1v) is 8.27. The van der Waals surface area contributed by atoms with E-state index in [9.17, 15) is 26.4 Å². The van der Waals surface area contributed by atoms with Crippen LogP contribution in [0.5, 0.6) is 0 Å². The normalized spacial score (nSPS) is 12.2. The molecule has 0 aromatic heterocycles. The average molecular weight is 344 g/mol. The highest BCUT2D eigenvalue weighted by atomic mass is 35.5. The third-order valence-electron chi connectivity index (χ3n) is 2.49. The van der Waals surface area contributed by atoms with E-state index in [1.807, 2.05) is 0 Å². The van der Waals surface area contributed by atoms with Crippen LogP contribution in [0.3, 0.4) is 0 Å². The maximum absolute atomic E-state index is 12.5. The van der Waals surface area contributed by atoms with Gasteiger partial charge in [-0.25, -0.2) is 8.42 Å². The minimum atomic E-state index is -4.54. The highest BCUT2D eigenvalue weighted by Crippen LogP contribution is 2.33. The quantitative estimate of drug-likeness (QED) is 0.893. The van der Waals surface area contributed by atoms with Crippen molar-refractivity contribution in [3.8, 4) is 0 Å². The van der Waals surface area contributed by atoms with Crippen molar-refractivity contribution in [3.05, 3.63) is 28.8 Å². The molecule has 0 atom stereocenters. The minimum absolute atomic E-state index is 0.0283. The van der Waals surface area contributed by atoms with E-state index >= 15 is 0 Å². The zero-order chi connectivity index (χ0) is 16.3. The Hall–Kier alpha value is -1.28. The van der Waals surface area contributed by atoms with Gasteiger partial charge < -0.3 is 5.32 Å². The van der Waals surface area contributed by atoms with Crippen molar-refractivity contribution in [3.63, 3.8) is 0 Å². The Kier molecular flexibility index (Phi) is 5.63. The Morgan fingerprint density at radius 1 is 1.33 bits per heavy atom. The lowest BCUT2D eigenvalue weighted by Gasteiger charge is -2.11. The summed E-state index contributed by atoms with van der Waals surface area (Å²) in [7, 11) is -3.18. The first kappa shape index (κ1) is 17.8. The van der Waals surface area contributed by atoms with Gasteiger partial charge in [-0.3, -0.25) is 4.79 Å². The van der Waals surface area contributed by atoms with Crippen molar-refractivity contribution in [1.29, 1.82) is 0 Å². The van der Waals surface area contributed by atoms with Gasteiger partial charge in [-0.15, -0.1) is 0 Å². The summed E-state index contributed by atoms with van der Waals surface area (Å²) in [4.78, 5) is 11.6. The van der Waals surface area contributed by atoms with E-state index in [4.69, 9.17) is 11.6 Å². The Balaban J connectivity index is 2.72. The highest BCUT2D eigenvalue weighted by Gasteiger charge is 2.31. The lowest BCUT2D eigenvalue weighted by Crippen LogP contribution is -2.15. The number of alkyl halides is 3. The van der Waals surface area contributed by atoms with Gasteiger partial charge in [0, 0.05) is 12.7 Å². The van der Waals surface area contributed by atoms with Gasteiger partial charge in [0.05, 0.1) is 22.0 Å². The molecule has 0 radical (unpaired) electrons. The van der Waals surface area contributed by atoms with Crippen LogP contribution in [-0.4, -0.2) is 26.3 Å². The summed E-state index contributed by atoms with van der Waals surface area (Å²) in [5.41, 5.74) is -1.09. The van der Waals surface area contributed by atoms with Crippen LogP contribution < -0.4 is 5.32 Å². The number of sulfone groups is 1. The molecule has 0 bridgehead atoms. The highest BCUT2D eigenvalue weighted by molar-refractivity contribution is 7.90. The van der Waals surface area contributed by atoms with Crippen molar-refractivity contribution in [1.82, 2.24) is 0 Å². The van der Waals surface area contributed by atoms with Crippen molar-refractivity contribution < 1.29 is 26.4 Å². The van der Waals surface area contributed by atoms with E-state index in [1.54, 1.807) is 0 Å². The maximum atomic E-state index is 12.5. The molecule has 0 spiro atoms. The number of halogens is 4. The molecule has 1 rings (SSSR count). The predicted octanol–water partition coefficient (Wildman–Crippen LogP) is 3.12. The number of hydrogen-bond acceptors (Lipinski definition) is 3. The SMILES string of the molecule is CS(=O)(=O)CCCC(=O)Nc1cc(C(F)(F)F)ccc1Cl. The third kappa shape index (κ3) is 6.34. The number of hydrogen-bond donors (Lipinski definition) is 1. The summed E-state index contributed by atoms with van der Waals surface area (Å²) in [6.07, 6.45) is -3.55. The van der Waals surface area contributed by atoms with E-state index in [1.165, 1.54) is 0 Å². The Morgan fingerprint density at radius 3 is 2.48 bits per heavy atom. The van der Waals surface area contributed by atoms with E-state index < -0.39 is 27.5 Å². The number of carbonyl (C=O) groups is 1. The van der Waals surface area contributed by atoms with Crippen molar-refractivity contribution in [2.45, 2.75) is 19.0 Å². The van der Waals surface area contributed by atoms with Gasteiger partial charge in [-0.1, -0.05) is 11.6 Å². The smallest absolute Gasteiger partial charge is 0.325 e. The molecule has 0 aliphatic heterocycles. The summed E-state index contributed by atoms with van der Waals surface area (Å²) in [5.74, 6) is -0.767. The van der Waals surface area contributed by atoms with Crippen LogP contribution >= 0.6 is 11.6 Å². The van der Waals surface area contributed by atoms with Gasteiger partial charge in [0.2, 0.25) is 5.91 Å². The maximum Gasteiger partial charge on any atom is 0.416 e. The topological polar surface area (TPSA) is 63.2 Å². The second-order valence-corrected chi connectivity index (χ2v) is 7.14. The summed E-state index contributed by atoms with van der Waals surface area (Å²) in [6, 6.07) is 2.58. The third-order valence-corrected chi connectivity index (χ3v) is 3.85. The molecule has 0 aliphatic carbocycles. The largest absolute Gasteiger partial charge is 0.416 e. The fraction of sp³-hybridized carbons (Fsp3) is 0.417. The molecule has 0 fully saturated rings. The predicted molar refractivity (Wildman–Crippen MR) is 74.0 cm³/mol. The Labute approximate surface area is 125 Å². The fourth-order valence-electron chi connectivity index (χ4n) is 1.51. The average Bonchev–Trinajstić information content (AvgIpc) is 2.28. The fourth-order valence-corrected chi connectivity index (χ4v) is 2.34. The molecule has 118 valence electrons. The molecule has 4 nitrogen and oxygen atoms in total. The van der Waals surface area contributed by atoms with E-state index in [-0.39, 0.29) is 29.3 Å². The monoisotopic (exact) mass is 343 g/mol. The van der Waals surface area contributed by atoms with Gasteiger partial charge >= 0.3 is 6.18 Å². The molecule has 9 heteroatoms. The molecular weight excluding hydrogens is 331 g/mol. The van der Waals surface area contributed by atoms with Crippen molar-refractivity contribution in [2.24, 2.45) is 0 Å². The first-order valence-electron chi connectivity index (χ1n) is 5.83. The summed E-state index contributed by atoms with van der Waals surface area (Å²) in [6.45, 7) is 0.